The molecule has 1 unspecified atom stereocenters. The lowest BCUT2D eigenvalue weighted by Gasteiger charge is -2.38. The Kier molecular flexibility index (Phi) is 9.74. The molecule has 296 valence electrons. The van der Waals surface area contributed by atoms with Gasteiger partial charge in [0.15, 0.2) is 5.60 Å². The molecule has 0 aromatic heterocycles. The molecule has 6 aromatic carbocycles. The van der Waals surface area contributed by atoms with Gasteiger partial charge in [-0.15, -0.1) is 0 Å². The average Bonchev–Trinajstić information content (AvgIpc) is 3.46. The third kappa shape index (κ3) is 6.62. The number of rotatable bonds is 10. The fraction of sp³-hybridized carbons (Fsp3) is 0.245. The maximum absolute atomic E-state index is 14.2. The van der Waals surface area contributed by atoms with Crippen molar-refractivity contribution >= 4 is 34.1 Å². The van der Waals surface area contributed by atoms with Gasteiger partial charge in [0.2, 0.25) is 0 Å². The van der Waals surface area contributed by atoms with Crippen LogP contribution in [0.3, 0.4) is 0 Å². The molecular formula is C49H45F3N2O4. The maximum Gasteiger partial charge on any atom is 0.416 e. The molecule has 0 radical (unpaired) electrons. The summed E-state index contributed by atoms with van der Waals surface area (Å²) in [6.07, 6.45) is 1.55. The number of unbranched alkanes of at least 4 members (excludes halogenated alkanes) is 1. The first kappa shape index (κ1) is 38.6. The molecule has 0 saturated carbocycles. The van der Waals surface area contributed by atoms with Crippen molar-refractivity contribution < 1.29 is 32.2 Å². The first-order valence-electron chi connectivity index (χ1n) is 19.5. The summed E-state index contributed by atoms with van der Waals surface area (Å²) in [7, 11) is 5.49. The summed E-state index contributed by atoms with van der Waals surface area (Å²) < 4.78 is 61.5. The van der Waals surface area contributed by atoms with Crippen molar-refractivity contribution in [2.75, 3.05) is 38.0 Å². The number of fused-ring (bicyclic) bond motifs is 8. The zero-order valence-electron chi connectivity index (χ0n) is 33.4. The highest BCUT2D eigenvalue weighted by atomic mass is 19.4. The third-order valence-electron chi connectivity index (χ3n) is 11.4. The number of carbonyl (C=O) groups excluding carboxylic acids is 1. The summed E-state index contributed by atoms with van der Waals surface area (Å²) >= 11 is 0. The standard InChI is InChI=1S/C49H45F3N2O4/c1-7-8-27-57-37-21-13-32(14-22-37)48(31-11-19-36(56-6)20-12-31)26-25-40-44-43(39-23-15-33(49(50,51)52)28-42(39)47(44,2)3)41-29-34(16-24-38(41)45(40)58-48)53-46(55)30-9-17-35(18-10-30)54(4)5/h9-26,28-29H,7-8,27H2,1-6H3,(H,53,55). The molecule has 1 aliphatic heterocycles. The second-order valence-electron chi connectivity index (χ2n) is 15.7. The fourth-order valence-corrected chi connectivity index (χ4v) is 8.30. The smallest absolute Gasteiger partial charge is 0.416 e. The van der Waals surface area contributed by atoms with Gasteiger partial charge < -0.3 is 24.4 Å². The number of hydrogen-bond donors (Lipinski definition) is 1. The van der Waals surface area contributed by atoms with Crippen LogP contribution in [0.25, 0.3) is 28.0 Å². The first-order chi connectivity index (χ1) is 27.7. The van der Waals surface area contributed by atoms with Crippen molar-refractivity contribution in [1.29, 1.82) is 0 Å². The van der Waals surface area contributed by atoms with E-state index in [2.05, 4.69) is 18.3 Å². The molecule has 1 amide bonds. The van der Waals surface area contributed by atoms with Crippen LogP contribution < -0.4 is 24.4 Å². The van der Waals surface area contributed by atoms with Gasteiger partial charge in [-0.2, -0.15) is 13.2 Å². The van der Waals surface area contributed by atoms with Crippen LogP contribution in [0.4, 0.5) is 24.5 Å². The lowest BCUT2D eigenvalue weighted by atomic mass is 9.76. The second-order valence-corrected chi connectivity index (χ2v) is 15.7. The van der Waals surface area contributed by atoms with Crippen LogP contribution in [-0.4, -0.2) is 33.7 Å². The van der Waals surface area contributed by atoms with Gasteiger partial charge in [0.25, 0.3) is 5.91 Å². The van der Waals surface area contributed by atoms with Gasteiger partial charge in [-0.1, -0.05) is 63.6 Å². The topological polar surface area (TPSA) is 60.0 Å². The monoisotopic (exact) mass is 782 g/mol. The van der Waals surface area contributed by atoms with Crippen LogP contribution in [0, 0.1) is 0 Å². The van der Waals surface area contributed by atoms with Crippen molar-refractivity contribution in [1.82, 2.24) is 0 Å². The van der Waals surface area contributed by atoms with Crippen LogP contribution in [0.15, 0.2) is 115 Å². The average molecular weight is 783 g/mol. The van der Waals surface area contributed by atoms with E-state index in [1.165, 1.54) is 6.07 Å². The van der Waals surface area contributed by atoms with Gasteiger partial charge in [-0.25, -0.2) is 0 Å². The molecule has 0 bridgehead atoms. The van der Waals surface area contributed by atoms with Crippen LogP contribution in [-0.2, 0) is 17.2 Å². The van der Waals surface area contributed by atoms with Crippen molar-refractivity contribution in [3.05, 3.63) is 154 Å². The minimum atomic E-state index is -4.51. The SMILES string of the molecule is CCCCOc1ccc(C2(c3ccc(OC)cc3)C=Cc3c4c(c5cc(NC(=O)c6ccc(N(C)C)cc6)ccc5c3O2)-c2ccc(C(F)(F)F)cc2C4(C)C)cc1. The van der Waals surface area contributed by atoms with E-state index in [-0.39, 0.29) is 5.91 Å². The molecule has 1 aliphatic carbocycles. The minimum Gasteiger partial charge on any atom is -0.497 e. The quantitative estimate of drug-likeness (QED) is 0.140. The minimum absolute atomic E-state index is 0.283. The van der Waals surface area contributed by atoms with Crippen LogP contribution in [0.1, 0.15) is 77.4 Å². The number of nitrogens with one attached hydrogen (secondary N) is 1. The summed E-state index contributed by atoms with van der Waals surface area (Å²) in [5, 5.41) is 4.57. The molecule has 6 aromatic rings. The predicted molar refractivity (Wildman–Crippen MR) is 226 cm³/mol. The number of nitrogens with zero attached hydrogens (tertiary/aromatic N) is 1. The molecule has 58 heavy (non-hydrogen) atoms. The molecule has 2 aliphatic rings. The van der Waals surface area contributed by atoms with Crippen molar-refractivity contribution in [3.8, 4) is 28.4 Å². The van der Waals surface area contributed by atoms with E-state index in [1.54, 1.807) is 25.3 Å². The zero-order chi connectivity index (χ0) is 41.0. The fourth-order valence-electron chi connectivity index (χ4n) is 8.30. The number of ether oxygens (including phenoxy) is 3. The van der Waals surface area contributed by atoms with E-state index < -0.39 is 22.8 Å². The van der Waals surface area contributed by atoms with E-state index >= 15 is 0 Å². The number of amides is 1. The highest BCUT2D eigenvalue weighted by Crippen LogP contribution is 2.59. The van der Waals surface area contributed by atoms with Crippen LogP contribution >= 0.6 is 0 Å². The molecule has 0 spiro atoms. The van der Waals surface area contributed by atoms with Crippen LogP contribution in [0.2, 0.25) is 0 Å². The normalized spacial score (nSPS) is 16.2. The number of methoxy groups -OCH3 is 1. The molecular weight excluding hydrogens is 738 g/mol. The predicted octanol–water partition coefficient (Wildman–Crippen LogP) is 12.0. The number of hydrogen-bond acceptors (Lipinski definition) is 5. The summed E-state index contributed by atoms with van der Waals surface area (Å²) in [5.74, 6) is 1.76. The zero-order valence-corrected chi connectivity index (χ0v) is 33.4. The number of carbonyl (C=O) groups is 1. The molecule has 1 N–H and O–H groups in total. The van der Waals surface area contributed by atoms with Gasteiger partial charge in [-0.3, -0.25) is 4.79 Å². The summed E-state index contributed by atoms with van der Waals surface area (Å²) in [5.41, 5.74) is 4.80. The van der Waals surface area contributed by atoms with E-state index in [1.807, 2.05) is 118 Å². The third-order valence-corrected chi connectivity index (χ3v) is 11.4. The summed E-state index contributed by atoms with van der Waals surface area (Å²) in [6, 6.07) is 32.7. The number of benzene rings is 6. The van der Waals surface area contributed by atoms with E-state index in [0.717, 1.165) is 68.9 Å². The Bertz CT molecular complexity index is 2560. The van der Waals surface area contributed by atoms with Crippen molar-refractivity contribution in [3.63, 3.8) is 0 Å². The molecule has 9 heteroatoms. The van der Waals surface area contributed by atoms with Crippen LogP contribution in [0.5, 0.6) is 17.2 Å². The van der Waals surface area contributed by atoms with E-state index in [0.29, 0.717) is 40.5 Å². The molecule has 8 rings (SSSR count). The summed E-state index contributed by atoms with van der Waals surface area (Å²) in [4.78, 5) is 15.6. The van der Waals surface area contributed by atoms with Gasteiger partial charge in [-0.05, 0) is 119 Å². The Labute approximate surface area is 336 Å². The van der Waals surface area contributed by atoms with Gasteiger partial charge in [0.05, 0.1) is 19.3 Å². The Morgan fingerprint density at radius 1 is 0.828 bits per heavy atom. The second kappa shape index (κ2) is 14.6. The largest absolute Gasteiger partial charge is 0.497 e. The number of anilines is 2. The highest BCUT2D eigenvalue weighted by molar-refractivity contribution is 6.11. The van der Waals surface area contributed by atoms with Crippen molar-refractivity contribution in [2.24, 2.45) is 0 Å². The first-order valence-corrected chi connectivity index (χ1v) is 19.5. The Morgan fingerprint density at radius 3 is 2.12 bits per heavy atom. The van der Waals surface area contributed by atoms with Crippen molar-refractivity contribution in [2.45, 2.75) is 50.8 Å². The maximum atomic E-state index is 14.2. The Hall–Kier alpha value is -6.22. The van der Waals surface area contributed by atoms with Gasteiger partial charge in [0.1, 0.15) is 17.2 Å². The highest BCUT2D eigenvalue weighted by Gasteiger charge is 2.45. The molecule has 0 saturated heterocycles. The van der Waals surface area contributed by atoms with Gasteiger partial charge in [0, 0.05) is 58.5 Å². The molecule has 1 atom stereocenters. The van der Waals surface area contributed by atoms with E-state index in [9.17, 15) is 18.0 Å². The number of alkyl halides is 3. The van der Waals surface area contributed by atoms with Gasteiger partial charge >= 0.3 is 6.18 Å². The lowest BCUT2D eigenvalue weighted by Crippen LogP contribution is -2.35. The number of halogens is 3. The molecule has 6 nitrogen and oxygen atoms in total. The Morgan fingerprint density at radius 2 is 1.50 bits per heavy atom. The lowest BCUT2D eigenvalue weighted by molar-refractivity contribution is -0.137. The molecule has 0 fully saturated rings. The summed E-state index contributed by atoms with van der Waals surface area (Å²) in [6.45, 7) is 6.66. The van der Waals surface area contributed by atoms with E-state index in [4.69, 9.17) is 14.2 Å². The Balaban J connectivity index is 1.32. The molecule has 1 heterocycles.